The standard InChI is InChI=1S/C21H21N5O3/c27-19(9-10-20-24-21(25-29-20)17-5-4-12-28-17)22-14-7-8-16-15(13-14)23-18-6-2-1-3-11-26(16)18/h4-5,7-8,12-13H,1-3,6,9-11H2,(H,22,27). The number of imidazole rings is 1. The van der Waals surface area contributed by atoms with Crippen molar-refractivity contribution in [3.05, 3.63) is 48.3 Å². The summed E-state index contributed by atoms with van der Waals surface area (Å²) in [5.74, 6) is 2.36. The van der Waals surface area contributed by atoms with Gasteiger partial charge in [-0.3, -0.25) is 4.79 Å². The van der Waals surface area contributed by atoms with E-state index in [9.17, 15) is 4.79 Å². The van der Waals surface area contributed by atoms with Gasteiger partial charge in [0.1, 0.15) is 5.82 Å². The van der Waals surface area contributed by atoms with Crippen LogP contribution in [0.2, 0.25) is 0 Å². The molecule has 0 bridgehead atoms. The van der Waals surface area contributed by atoms with Crippen LogP contribution in [0, 0.1) is 0 Å². The lowest BCUT2D eigenvalue weighted by atomic mass is 10.2. The molecule has 0 atom stereocenters. The summed E-state index contributed by atoms with van der Waals surface area (Å²) < 4.78 is 12.7. The first-order valence-electron chi connectivity index (χ1n) is 9.92. The van der Waals surface area contributed by atoms with Crippen LogP contribution in [0.5, 0.6) is 0 Å². The molecule has 0 aliphatic carbocycles. The van der Waals surface area contributed by atoms with Gasteiger partial charge in [-0.05, 0) is 43.2 Å². The van der Waals surface area contributed by atoms with Gasteiger partial charge in [0.25, 0.3) is 0 Å². The zero-order chi connectivity index (χ0) is 19.6. The minimum atomic E-state index is -0.108. The predicted octanol–water partition coefficient (Wildman–Crippen LogP) is 3.98. The van der Waals surface area contributed by atoms with Crippen LogP contribution in [-0.2, 0) is 24.2 Å². The van der Waals surface area contributed by atoms with Gasteiger partial charge in [0.15, 0.2) is 5.76 Å². The quantitative estimate of drug-likeness (QED) is 0.552. The highest BCUT2D eigenvalue weighted by molar-refractivity contribution is 5.93. The Morgan fingerprint density at radius 1 is 1.17 bits per heavy atom. The van der Waals surface area contributed by atoms with Crippen LogP contribution in [0.1, 0.15) is 37.4 Å². The van der Waals surface area contributed by atoms with Gasteiger partial charge in [-0.1, -0.05) is 11.6 Å². The highest BCUT2D eigenvalue weighted by Crippen LogP contribution is 2.24. The van der Waals surface area contributed by atoms with E-state index in [2.05, 4.69) is 20.0 Å². The Morgan fingerprint density at radius 2 is 2.14 bits per heavy atom. The summed E-state index contributed by atoms with van der Waals surface area (Å²) in [6, 6.07) is 9.43. The molecule has 1 aliphatic heterocycles. The molecule has 0 saturated heterocycles. The molecule has 0 saturated carbocycles. The summed E-state index contributed by atoms with van der Waals surface area (Å²) in [6.45, 7) is 1.02. The molecule has 1 amide bonds. The van der Waals surface area contributed by atoms with Crippen LogP contribution >= 0.6 is 0 Å². The summed E-state index contributed by atoms with van der Waals surface area (Å²) in [7, 11) is 0. The second-order valence-corrected chi connectivity index (χ2v) is 7.23. The zero-order valence-electron chi connectivity index (χ0n) is 15.9. The van der Waals surface area contributed by atoms with E-state index in [0.29, 0.717) is 23.9 Å². The Bertz CT molecular complexity index is 1140. The largest absolute Gasteiger partial charge is 0.461 e. The average molecular weight is 391 g/mol. The number of carbonyl (C=O) groups is 1. The van der Waals surface area contributed by atoms with E-state index >= 15 is 0 Å². The normalized spacial score (nSPS) is 13.9. The number of nitrogens with one attached hydrogen (secondary N) is 1. The van der Waals surface area contributed by atoms with Crippen molar-refractivity contribution in [2.45, 2.75) is 45.1 Å². The third kappa shape index (κ3) is 3.65. The molecular weight excluding hydrogens is 370 g/mol. The van der Waals surface area contributed by atoms with Crippen LogP contribution in [0.4, 0.5) is 5.69 Å². The van der Waals surface area contributed by atoms with Crippen molar-refractivity contribution in [2.75, 3.05) is 5.32 Å². The van der Waals surface area contributed by atoms with Crippen LogP contribution in [0.3, 0.4) is 0 Å². The van der Waals surface area contributed by atoms with Crippen molar-refractivity contribution in [1.29, 1.82) is 0 Å². The van der Waals surface area contributed by atoms with Crippen LogP contribution in [-0.4, -0.2) is 25.6 Å². The van der Waals surface area contributed by atoms with E-state index in [1.54, 1.807) is 18.4 Å². The smallest absolute Gasteiger partial charge is 0.238 e. The van der Waals surface area contributed by atoms with Gasteiger partial charge in [-0.15, -0.1) is 0 Å². The molecule has 1 aliphatic rings. The summed E-state index contributed by atoms with van der Waals surface area (Å²) in [6.07, 6.45) is 6.80. The monoisotopic (exact) mass is 391 g/mol. The number of aryl methyl sites for hydroxylation is 3. The molecule has 4 heterocycles. The van der Waals surface area contributed by atoms with Crippen LogP contribution in [0.15, 0.2) is 45.5 Å². The molecule has 4 aromatic rings. The number of fused-ring (bicyclic) bond motifs is 3. The van der Waals surface area contributed by atoms with E-state index in [4.69, 9.17) is 13.9 Å². The second kappa shape index (κ2) is 7.54. The number of hydrogen-bond donors (Lipinski definition) is 1. The molecular formula is C21H21N5O3. The molecule has 0 radical (unpaired) electrons. The molecule has 1 aromatic carbocycles. The number of carbonyl (C=O) groups excluding carboxylic acids is 1. The summed E-state index contributed by atoms with van der Waals surface area (Å²) in [5.41, 5.74) is 2.81. The predicted molar refractivity (Wildman–Crippen MR) is 106 cm³/mol. The molecule has 0 fully saturated rings. The van der Waals surface area contributed by atoms with Gasteiger partial charge >= 0.3 is 0 Å². The van der Waals surface area contributed by atoms with E-state index < -0.39 is 0 Å². The number of aromatic nitrogens is 4. The molecule has 148 valence electrons. The topological polar surface area (TPSA) is 99.0 Å². The van der Waals surface area contributed by atoms with Gasteiger partial charge in [0.2, 0.25) is 17.6 Å². The SMILES string of the molecule is O=C(CCc1nc(-c2ccco2)no1)Nc1ccc2c(c1)nc1n2CCCCC1. The fraction of sp³-hybridized carbons (Fsp3) is 0.333. The first-order chi connectivity index (χ1) is 14.3. The molecule has 8 heteroatoms. The van der Waals surface area contributed by atoms with Crippen molar-refractivity contribution >= 4 is 22.6 Å². The highest BCUT2D eigenvalue weighted by atomic mass is 16.5. The maximum absolute atomic E-state index is 12.4. The number of benzene rings is 1. The number of nitrogens with zero attached hydrogens (tertiary/aromatic N) is 4. The first-order valence-corrected chi connectivity index (χ1v) is 9.92. The van der Waals surface area contributed by atoms with E-state index in [1.807, 2.05) is 18.2 Å². The highest BCUT2D eigenvalue weighted by Gasteiger charge is 2.15. The Balaban J connectivity index is 1.23. The minimum absolute atomic E-state index is 0.108. The van der Waals surface area contributed by atoms with Crippen LogP contribution in [0.25, 0.3) is 22.6 Å². The fourth-order valence-corrected chi connectivity index (χ4v) is 3.73. The van der Waals surface area contributed by atoms with Crippen molar-refractivity contribution < 1.29 is 13.7 Å². The Kier molecular flexibility index (Phi) is 4.59. The third-order valence-corrected chi connectivity index (χ3v) is 5.17. The molecule has 0 unspecified atom stereocenters. The lowest BCUT2D eigenvalue weighted by Gasteiger charge is -2.06. The Hall–Kier alpha value is -3.42. The molecule has 29 heavy (non-hydrogen) atoms. The van der Waals surface area contributed by atoms with E-state index in [1.165, 1.54) is 19.3 Å². The molecule has 3 aromatic heterocycles. The van der Waals surface area contributed by atoms with Gasteiger partial charge in [-0.25, -0.2) is 4.98 Å². The lowest BCUT2D eigenvalue weighted by molar-refractivity contribution is -0.116. The lowest BCUT2D eigenvalue weighted by Crippen LogP contribution is -2.12. The molecule has 0 spiro atoms. The average Bonchev–Trinajstić information content (AvgIpc) is 3.44. The molecule has 1 N–H and O–H groups in total. The van der Waals surface area contributed by atoms with E-state index in [0.717, 1.165) is 35.5 Å². The Labute approximate surface area is 166 Å². The van der Waals surface area contributed by atoms with Crippen molar-refractivity contribution in [1.82, 2.24) is 19.7 Å². The summed E-state index contributed by atoms with van der Waals surface area (Å²) >= 11 is 0. The number of rotatable bonds is 5. The number of furan rings is 1. The minimum Gasteiger partial charge on any atom is -0.461 e. The van der Waals surface area contributed by atoms with Crippen molar-refractivity contribution in [3.8, 4) is 11.6 Å². The number of amides is 1. The Morgan fingerprint density at radius 3 is 3.03 bits per heavy atom. The maximum atomic E-state index is 12.4. The van der Waals surface area contributed by atoms with Crippen molar-refractivity contribution in [3.63, 3.8) is 0 Å². The zero-order valence-corrected chi connectivity index (χ0v) is 15.9. The van der Waals surface area contributed by atoms with Gasteiger partial charge in [-0.2, -0.15) is 4.98 Å². The van der Waals surface area contributed by atoms with Gasteiger partial charge in [0.05, 0.1) is 17.3 Å². The maximum Gasteiger partial charge on any atom is 0.238 e. The number of hydrogen-bond acceptors (Lipinski definition) is 6. The molecule has 5 rings (SSSR count). The van der Waals surface area contributed by atoms with Crippen molar-refractivity contribution in [2.24, 2.45) is 0 Å². The van der Waals surface area contributed by atoms with E-state index in [-0.39, 0.29) is 12.3 Å². The van der Waals surface area contributed by atoms with Gasteiger partial charge in [0, 0.05) is 31.5 Å². The van der Waals surface area contributed by atoms with Crippen LogP contribution < -0.4 is 5.32 Å². The number of anilines is 1. The summed E-state index contributed by atoms with van der Waals surface area (Å²) in [4.78, 5) is 21.4. The summed E-state index contributed by atoms with van der Waals surface area (Å²) in [5, 5.41) is 6.81. The third-order valence-electron chi connectivity index (χ3n) is 5.17. The first kappa shape index (κ1) is 17.7. The van der Waals surface area contributed by atoms with Gasteiger partial charge < -0.3 is 18.8 Å². The second-order valence-electron chi connectivity index (χ2n) is 7.23. The molecule has 8 nitrogen and oxygen atoms in total. The fourth-order valence-electron chi connectivity index (χ4n) is 3.73.